The summed E-state index contributed by atoms with van der Waals surface area (Å²) in [6.45, 7) is 0. The summed E-state index contributed by atoms with van der Waals surface area (Å²) in [4.78, 5) is 26.7. The molecule has 1 aromatic carbocycles. The monoisotopic (exact) mass is 280 g/mol. The molecule has 2 aliphatic carbocycles. The van der Waals surface area contributed by atoms with Crippen molar-refractivity contribution in [1.29, 1.82) is 0 Å². The Hall–Kier alpha value is -2.43. The van der Waals surface area contributed by atoms with Gasteiger partial charge in [0.2, 0.25) is 11.8 Å². The summed E-state index contributed by atoms with van der Waals surface area (Å²) in [5.74, 6) is 0.0985. The summed E-state index contributed by atoms with van der Waals surface area (Å²) < 4.78 is 5.24. The maximum Gasteiger partial charge on any atom is 0.239 e. The number of para-hydroxylation sites is 1. The highest BCUT2D eigenvalue weighted by Crippen LogP contribution is 2.53. The highest BCUT2D eigenvalue weighted by Gasteiger charge is 2.60. The van der Waals surface area contributed by atoms with E-state index in [2.05, 4.69) is 17.3 Å². The van der Waals surface area contributed by atoms with Crippen LogP contribution in [0.4, 0.5) is 5.82 Å². The number of aromatic nitrogens is 1. The van der Waals surface area contributed by atoms with Crippen molar-refractivity contribution in [3.05, 3.63) is 36.4 Å². The topological polar surface area (TPSA) is 63.4 Å². The van der Waals surface area contributed by atoms with Crippen LogP contribution in [0.3, 0.4) is 0 Å². The minimum atomic E-state index is -0.206. The van der Waals surface area contributed by atoms with Gasteiger partial charge in [-0.1, -0.05) is 29.4 Å². The van der Waals surface area contributed by atoms with E-state index in [1.165, 1.54) is 4.90 Å². The third-order valence-electron chi connectivity index (χ3n) is 5.04. The molecule has 0 radical (unpaired) electrons. The van der Waals surface area contributed by atoms with Crippen LogP contribution < -0.4 is 4.90 Å². The molecule has 2 amide bonds. The fourth-order valence-corrected chi connectivity index (χ4v) is 4.14. The minimum Gasteiger partial charge on any atom is -0.354 e. The summed E-state index contributed by atoms with van der Waals surface area (Å²) in [5, 5.41) is 4.67. The molecule has 2 bridgehead atoms. The average molecular weight is 280 g/mol. The van der Waals surface area contributed by atoms with Crippen LogP contribution in [-0.4, -0.2) is 17.0 Å². The molecular formula is C16H12N2O3. The molecule has 5 nitrogen and oxygen atoms in total. The molecule has 0 N–H and O–H groups in total. The Labute approximate surface area is 120 Å². The van der Waals surface area contributed by atoms with E-state index >= 15 is 0 Å². The molecule has 5 rings (SSSR count). The van der Waals surface area contributed by atoms with Crippen molar-refractivity contribution in [1.82, 2.24) is 5.16 Å². The Kier molecular flexibility index (Phi) is 1.93. The van der Waals surface area contributed by atoms with E-state index in [0.717, 1.165) is 6.42 Å². The molecule has 104 valence electrons. The number of anilines is 1. The van der Waals surface area contributed by atoms with E-state index in [1.54, 1.807) is 6.07 Å². The number of rotatable bonds is 1. The van der Waals surface area contributed by atoms with Gasteiger partial charge in [0.25, 0.3) is 0 Å². The summed E-state index contributed by atoms with van der Waals surface area (Å²) in [6, 6.07) is 7.29. The first-order valence-electron chi connectivity index (χ1n) is 7.16. The van der Waals surface area contributed by atoms with Gasteiger partial charge in [0, 0.05) is 0 Å². The lowest BCUT2D eigenvalue weighted by Gasteiger charge is -2.14. The molecule has 2 heterocycles. The predicted octanol–water partition coefficient (Wildman–Crippen LogP) is 2.14. The smallest absolute Gasteiger partial charge is 0.239 e. The third kappa shape index (κ3) is 1.24. The third-order valence-corrected chi connectivity index (χ3v) is 5.04. The fraction of sp³-hybridized carbons (Fsp3) is 0.312. The molecule has 21 heavy (non-hydrogen) atoms. The number of hydrogen-bond acceptors (Lipinski definition) is 4. The van der Waals surface area contributed by atoms with Crippen LogP contribution in [0.1, 0.15) is 6.42 Å². The van der Waals surface area contributed by atoms with Crippen molar-refractivity contribution in [2.75, 3.05) is 4.90 Å². The Morgan fingerprint density at radius 2 is 1.71 bits per heavy atom. The van der Waals surface area contributed by atoms with E-state index in [9.17, 15) is 9.59 Å². The van der Waals surface area contributed by atoms with E-state index in [4.69, 9.17) is 4.52 Å². The van der Waals surface area contributed by atoms with Gasteiger partial charge in [-0.2, -0.15) is 0 Å². The van der Waals surface area contributed by atoms with Gasteiger partial charge in [0.15, 0.2) is 11.4 Å². The Balaban J connectivity index is 1.65. The number of carbonyl (C=O) groups is 2. The second kappa shape index (κ2) is 3.61. The number of benzene rings is 1. The average Bonchev–Trinajstić information content (AvgIpc) is 3.23. The number of carbonyl (C=O) groups excluding carboxylic acids is 2. The van der Waals surface area contributed by atoms with Crippen molar-refractivity contribution in [3.8, 4) is 0 Å². The van der Waals surface area contributed by atoms with Gasteiger partial charge in [0.05, 0.1) is 17.2 Å². The van der Waals surface area contributed by atoms with E-state index in [1.807, 2.05) is 18.2 Å². The molecule has 5 heteroatoms. The largest absolute Gasteiger partial charge is 0.354 e. The van der Waals surface area contributed by atoms with E-state index < -0.39 is 0 Å². The molecule has 0 spiro atoms. The number of nitrogens with zero attached hydrogens (tertiary/aromatic N) is 2. The van der Waals surface area contributed by atoms with Crippen molar-refractivity contribution in [3.63, 3.8) is 0 Å². The second-order valence-corrected chi connectivity index (χ2v) is 6.01. The van der Waals surface area contributed by atoms with Gasteiger partial charge in [-0.05, 0) is 30.4 Å². The van der Waals surface area contributed by atoms with Crippen LogP contribution in [-0.2, 0) is 9.59 Å². The lowest BCUT2D eigenvalue weighted by atomic mass is 9.85. The number of amides is 2. The summed E-state index contributed by atoms with van der Waals surface area (Å²) in [5.41, 5.74) is 0.589. The van der Waals surface area contributed by atoms with Crippen molar-refractivity contribution in [2.45, 2.75) is 6.42 Å². The van der Waals surface area contributed by atoms with Gasteiger partial charge in [-0.3, -0.25) is 9.59 Å². The van der Waals surface area contributed by atoms with Crippen LogP contribution in [0.25, 0.3) is 11.0 Å². The summed E-state index contributed by atoms with van der Waals surface area (Å²) >= 11 is 0. The highest BCUT2D eigenvalue weighted by molar-refractivity contribution is 6.24. The Morgan fingerprint density at radius 1 is 1.05 bits per heavy atom. The second-order valence-electron chi connectivity index (χ2n) is 6.01. The number of allylic oxidation sites excluding steroid dienone is 2. The standard InChI is InChI=1S/C16H12N2O3/c19-15-12-8-5-6-9(7-8)13(12)16(20)18(15)14-10-3-1-2-4-11(10)21-17-14/h1-6,8-9,12-13H,7H2/t8?,9?,12-,13+. The van der Waals surface area contributed by atoms with Crippen LogP contribution in [0.2, 0.25) is 0 Å². The quantitative estimate of drug-likeness (QED) is 0.593. The highest BCUT2D eigenvalue weighted by atomic mass is 16.5. The number of fused-ring (bicyclic) bond motifs is 6. The summed E-state index contributed by atoms with van der Waals surface area (Å²) in [7, 11) is 0. The van der Waals surface area contributed by atoms with Crippen molar-refractivity contribution >= 4 is 28.6 Å². The van der Waals surface area contributed by atoms with Gasteiger partial charge < -0.3 is 4.52 Å². The first-order valence-corrected chi connectivity index (χ1v) is 7.16. The molecule has 1 saturated heterocycles. The fourth-order valence-electron chi connectivity index (χ4n) is 4.14. The van der Waals surface area contributed by atoms with Crippen molar-refractivity contribution in [2.24, 2.45) is 23.7 Å². The molecule has 2 fully saturated rings. The zero-order valence-electron chi connectivity index (χ0n) is 11.1. The molecule has 1 saturated carbocycles. The SMILES string of the molecule is O=C1[C@@H]2C3C=CC(C3)[C@@H]2C(=O)N1c1noc2ccccc12. The van der Waals surface area contributed by atoms with Crippen LogP contribution in [0.15, 0.2) is 40.9 Å². The van der Waals surface area contributed by atoms with Gasteiger partial charge in [-0.15, -0.1) is 0 Å². The molecule has 1 aliphatic heterocycles. The molecule has 4 atom stereocenters. The molecule has 2 unspecified atom stereocenters. The first-order chi connectivity index (χ1) is 10.3. The Bertz CT molecular complexity index is 792. The molecular weight excluding hydrogens is 268 g/mol. The minimum absolute atomic E-state index is 0.124. The maximum absolute atomic E-state index is 12.7. The molecule has 2 aromatic rings. The lowest BCUT2D eigenvalue weighted by molar-refractivity contribution is -0.123. The van der Waals surface area contributed by atoms with Crippen LogP contribution in [0, 0.1) is 23.7 Å². The molecule has 1 aromatic heterocycles. The van der Waals surface area contributed by atoms with Crippen molar-refractivity contribution < 1.29 is 14.1 Å². The molecule has 3 aliphatic rings. The van der Waals surface area contributed by atoms with E-state index in [0.29, 0.717) is 16.8 Å². The lowest BCUT2D eigenvalue weighted by Crippen LogP contribution is -2.33. The van der Waals surface area contributed by atoms with Crippen LogP contribution >= 0.6 is 0 Å². The van der Waals surface area contributed by atoms with Gasteiger partial charge >= 0.3 is 0 Å². The van der Waals surface area contributed by atoms with Crippen LogP contribution in [0.5, 0.6) is 0 Å². The predicted molar refractivity (Wildman–Crippen MR) is 74.2 cm³/mol. The number of imide groups is 1. The van der Waals surface area contributed by atoms with Gasteiger partial charge in [-0.25, -0.2) is 4.90 Å². The normalized spacial score (nSPS) is 33.4. The first kappa shape index (κ1) is 11.3. The van der Waals surface area contributed by atoms with E-state index in [-0.39, 0.29) is 35.5 Å². The Morgan fingerprint density at radius 3 is 2.43 bits per heavy atom. The van der Waals surface area contributed by atoms with Gasteiger partial charge in [0.1, 0.15) is 0 Å². The zero-order chi connectivity index (χ0) is 14.1. The number of hydrogen-bond donors (Lipinski definition) is 0. The zero-order valence-corrected chi connectivity index (χ0v) is 11.1. The summed E-state index contributed by atoms with van der Waals surface area (Å²) in [6.07, 6.45) is 5.10. The maximum atomic E-state index is 12.7.